The number of hydrogen-bond acceptors (Lipinski definition) is 7. The van der Waals surface area contributed by atoms with Crippen LogP contribution < -0.4 is 9.80 Å². The van der Waals surface area contributed by atoms with Crippen LogP contribution in [0.25, 0.3) is 0 Å². The molecule has 2 aromatic heterocycles. The Balaban J connectivity index is 1.59. The molecule has 0 N–H and O–H groups in total. The third-order valence-electron chi connectivity index (χ3n) is 6.51. The van der Waals surface area contributed by atoms with Crippen LogP contribution in [0.3, 0.4) is 0 Å². The second-order valence-corrected chi connectivity index (χ2v) is 11.9. The number of carbonyl (C=O) groups is 1. The van der Waals surface area contributed by atoms with E-state index in [-0.39, 0.29) is 10.6 Å². The van der Waals surface area contributed by atoms with Gasteiger partial charge in [0.2, 0.25) is 9.84 Å². The van der Waals surface area contributed by atoms with Gasteiger partial charge in [0, 0.05) is 31.4 Å². The molecule has 172 valence electrons. The third kappa shape index (κ3) is 4.51. The van der Waals surface area contributed by atoms with Crippen LogP contribution in [0.5, 0.6) is 0 Å². The smallest absolute Gasteiger partial charge is 0.203 e. The van der Waals surface area contributed by atoms with Crippen molar-refractivity contribution in [1.82, 2.24) is 9.97 Å². The first-order valence-electron chi connectivity index (χ1n) is 11.3. The van der Waals surface area contributed by atoms with E-state index in [2.05, 4.69) is 47.5 Å². The molecule has 0 spiro atoms. The summed E-state index contributed by atoms with van der Waals surface area (Å²) in [6, 6.07) is 8.36. The molecule has 0 amide bonds. The summed E-state index contributed by atoms with van der Waals surface area (Å²) in [4.78, 5) is 26.3. The fourth-order valence-corrected chi connectivity index (χ4v) is 6.18. The summed E-state index contributed by atoms with van der Waals surface area (Å²) >= 11 is 0. The van der Waals surface area contributed by atoms with Gasteiger partial charge in [-0.1, -0.05) is 19.9 Å². The minimum absolute atomic E-state index is 0.0523. The molecule has 2 unspecified atom stereocenters. The van der Waals surface area contributed by atoms with Crippen molar-refractivity contribution in [3.05, 3.63) is 42.1 Å². The lowest BCUT2D eigenvalue weighted by molar-refractivity contribution is 0.102. The average Bonchev–Trinajstić information content (AvgIpc) is 3.29. The lowest BCUT2D eigenvalue weighted by Crippen LogP contribution is -2.39. The molecule has 8 heteroatoms. The maximum atomic E-state index is 13.2. The van der Waals surface area contributed by atoms with Gasteiger partial charge in [-0.3, -0.25) is 4.79 Å². The molecular formula is C24H32N4O3S. The van der Waals surface area contributed by atoms with Crippen molar-refractivity contribution in [2.24, 2.45) is 11.8 Å². The summed E-state index contributed by atoms with van der Waals surface area (Å²) < 4.78 is 26.2. The fraction of sp³-hybridized carbons (Fsp3) is 0.542. The van der Waals surface area contributed by atoms with E-state index in [1.165, 1.54) is 6.07 Å². The first kappa shape index (κ1) is 22.7. The van der Waals surface area contributed by atoms with E-state index in [0.717, 1.165) is 32.5 Å². The van der Waals surface area contributed by atoms with E-state index < -0.39 is 21.4 Å². The van der Waals surface area contributed by atoms with Gasteiger partial charge in [0.05, 0.1) is 5.56 Å². The number of anilines is 2. The van der Waals surface area contributed by atoms with Crippen LogP contribution in [0.1, 0.15) is 50.9 Å². The van der Waals surface area contributed by atoms with Crippen LogP contribution in [0, 0.1) is 11.8 Å². The average molecular weight is 457 g/mol. The monoisotopic (exact) mass is 456 g/mol. The van der Waals surface area contributed by atoms with Gasteiger partial charge >= 0.3 is 0 Å². The van der Waals surface area contributed by atoms with E-state index in [9.17, 15) is 13.2 Å². The zero-order valence-corrected chi connectivity index (χ0v) is 20.1. The molecule has 0 saturated carbocycles. The molecular weight excluding hydrogens is 424 g/mol. The summed E-state index contributed by atoms with van der Waals surface area (Å²) in [7, 11) is -3.89. The Hall–Kier alpha value is -2.48. The van der Waals surface area contributed by atoms with Gasteiger partial charge in [0.1, 0.15) is 17.4 Å². The Labute approximate surface area is 190 Å². The normalized spacial score (nSPS) is 23.0. The standard InChI is InChI=1S/C24H32N4O3S/c1-17-10-12-27(14-17)21-8-5-9-22(26-21)32(30,31)16-20(29)19-7-6-11-25-23(19)28-15-18(2)13-24(28,3)4/h5-9,11,17-18H,10,12-16H2,1-4H3. The second-order valence-electron chi connectivity index (χ2n) is 9.96. The molecule has 7 nitrogen and oxygen atoms in total. The van der Waals surface area contributed by atoms with Crippen molar-refractivity contribution in [3.8, 4) is 0 Å². The van der Waals surface area contributed by atoms with E-state index in [4.69, 9.17) is 0 Å². The van der Waals surface area contributed by atoms with Gasteiger partial charge in [-0.15, -0.1) is 0 Å². The van der Waals surface area contributed by atoms with Crippen molar-refractivity contribution >= 4 is 27.3 Å². The van der Waals surface area contributed by atoms with Gasteiger partial charge in [0.15, 0.2) is 10.8 Å². The minimum atomic E-state index is -3.89. The Bertz CT molecular complexity index is 1120. The molecule has 0 radical (unpaired) electrons. The Kier molecular flexibility index (Phi) is 6.00. The van der Waals surface area contributed by atoms with E-state index in [1.807, 2.05) is 6.07 Å². The Morgan fingerprint density at radius 1 is 1.12 bits per heavy atom. The van der Waals surface area contributed by atoms with E-state index in [0.29, 0.717) is 29.0 Å². The van der Waals surface area contributed by atoms with Crippen molar-refractivity contribution in [1.29, 1.82) is 0 Å². The highest BCUT2D eigenvalue weighted by molar-refractivity contribution is 7.92. The highest BCUT2D eigenvalue weighted by Crippen LogP contribution is 2.37. The number of hydrogen-bond donors (Lipinski definition) is 0. The SMILES string of the molecule is CC1CCN(c2cccc(S(=O)(=O)CC(=O)c3cccnc3N3CC(C)CC3(C)C)n2)C1. The summed E-state index contributed by atoms with van der Waals surface area (Å²) in [5.41, 5.74) is 0.201. The number of pyridine rings is 2. The zero-order valence-electron chi connectivity index (χ0n) is 19.3. The number of nitrogens with zero attached hydrogens (tertiary/aromatic N) is 4. The number of aromatic nitrogens is 2. The van der Waals surface area contributed by atoms with Crippen LogP contribution in [0.4, 0.5) is 11.6 Å². The number of rotatable bonds is 6. The van der Waals surface area contributed by atoms with Gasteiger partial charge in [-0.05, 0) is 62.8 Å². The Morgan fingerprint density at radius 2 is 1.91 bits per heavy atom. The largest absolute Gasteiger partial charge is 0.356 e. The third-order valence-corrected chi connectivity index (χ3v) is 8.02. The Morgan fingerprint density at radius 3 is 2.56 bits per heavy atom. The van der Waals surface area contributed by atoms with Crippen LogP contribution in [0.15, 0.2) is 41.6 Å². The predicted molar refractivity (Wildman–Crippen MR) is 126 cm³/mol. The van der Waals surface area contributed by atoms with Crippen molar-refractivity contribution in [2.75, 3.05) is 35.2 Å². The quantitative estimate of drug-likeness (QED) is 0.614. The van der Waals surface area contributed by atoms with E-state index in [1.54, 1.807) is 24.4 Å². The topological polar surface area (TPSA) is 83.5 Å². The first-order chi connectivity index (χ1) is 15.1. The summed E-state index contributed by atoms with van der Waals surface area (Å²) in [6.07, 6.45) is 3.70. The summed E-state index contributed by atoms with van der Waals surface area (Å²) in [5, 5.41) is -0.0523. The first-order valence-corrected chi connectivity index (χ1v) is 12.9. The molecule has 4 heterocycles. The highest BCUT2D eigenvalue weighted by Gasteiger charge is 2.39. The van der Waals surface area contributed by atoms with Crippen LogP contribution >= 0.6 is 0 Å². The molecule has 2 atom stereocenters. The number of sulfone groups is 1. The predicted octanol–water partition coefficient (Wildman–Crippen LogP) is 3.60. The summed E-state index contributed by atoms with van der Waals surface area (Å²) in [6.45, 7) is 11.1. The highest BCUT2D eigenvalue weighted by atomic mass is 32.2. The van der Waals surface area contributed by atoms with Crippen LogP contribution in [0.2, 0.25) is 0 Å². The minimum Gasteiger partial charge on any atom is -0.356 e. The fourth-order valence-electron chi connectivity index (χ4n) is 5.01. The number of Topliss-reactive ketones (excluding diaryl/α,β-unsaturated/α-hetero) is 1. The van der Waals surface area contributed by atoms with Crippen molar-refractivity contribution in [3.63, 3.8) is 0 Å². The molecule has 4 rings (SSSR count). The number of ketones is 1. The maximum Gasteiger partial charge on any atom is 0.203 e. The molecule has 2 aromatic rings. The lowest BCUT2D eigenvalue weighted by atomic mass is 9.97. The molecule has 2 aliphatic heterocycles. The van der Waals surface area contributed by atoms with Crippen LogP contribution in [-0.4, -0.2) is 55.1 Å². The number of carbonyl (C=O) groups excluding carboxylic acids is 1. The van der Waals surface area contributed by atoms with Crippen LogP contribution in [-0.2, 0) is 9.84 Å². The molecule has 32 heavy (non-hydrogen) atoms. The maximum absolute atomic E-state index is 13.2. The van der Waals surface area contributed by atoms with Gasteiger partial charge in [-0.25, -0.2) is 18.4 Å². The van der Waals surface area contributed by atoms with Crippen molar-refractivity contribution in [2.45, 2.75) is 51.1 Å². The molecule has 2 fully saturated rings. The zero-order chi connectivity index (χ0) is 23.1. The molecule has 2 aliphatic rings. The van der Waals surface area contributed by atoms with Gasteiger partial charge < -0.3 is 9.80 Å². The van der Waals surface area contributed by atoms with E-state index >= 15 is 0 Å². The molecule has 2 saturated heterocycles. The second kappa shape index (κ2) is 8.46. The molecule has 0 aromatic carbocycles. The molecule has 0 bridgehead atoms. The van der Waals surface area contributed by atoms with Crippen molar-refractivity contribution < 1.29 is 13.2 Å². The van der Waals surface area contributed by atoms with Gasteiger partial charge in [0.25, 0.3) is 0 Å². The summed E-state index contributed by atoms with van der Waals surface area (Å²) in [5.74, 6) is 1.17. The molecule has 0 aliphatic carbocycles. The van der Waals surface area contributed by atoms with Gasteiger partial charge in [-0.2, -0.15) is 0 Å². The lowest BCUT2D eigenvalue weighted by Gasteiger charge is -2.33.